The molecule has 1 heterocycles. The molecule has 0 aliphatic carbocycles. The van der Waals surface area contributed by atoms with Crippen molar-refractivity contribution in [2.75, 3.05) is 41.2 Å². The standard InChI is InChI=1S/C25H29N3O4S/c1-25(2,3)24(29)26-19-7-9-20(10-8-19)27-33(30,31)23-6-4-5-18-17-21(11-12-22(18)23)28-13-15-32-16-14-28/h4-12,17,27H,13-16H2,1-3H3,(H,26,29). The quantitative estimate of drug-likeness (QED) is 0.578. The number of rotatable bonds is 5. The van der Waals surface area contributed by atoms with Gasteiger partial charge in [0.15, 0.2) is 0 Å². The Labute approximate surface area is 194 Å². The number of hydrogen-bond acceptors (Lipinski definition) is 5. The van der Waals surface area contributed by atoms with E-state index in [2.05, 4.69) is 14.9 Å². The summed E-state index contributed by atoms with van der Waals surface area (Å²) in [5.74, 6) is -0.108. The van der Waals surface area contributed by atoms with Crippen LogP contribution in [0.5, 0.6) is 0 Å². The van der Waals surface area contributed by atoms with Crippen LogP contribution in [0.25, 0.3) is 10.8 Å². The van der Waals surface area contributed by atoms with Crippen LogP contribution in [-0.2, 0) is 19.6 Å². The Morgan fingerprint density at radius 3 is 2.27 bits per heavy atom. The van der Waals surface area contributed by atoms with Gasteiger partial charge in [0.2, 0.25) is 5.91 Å². The average molecular weight is 468 g/mol. The van der Waals surface area contributed by atoms with Gasteiger partial charge in [0, 0.05) is 41.0 Å². The molecule has 33 heavy (non-hydrogen) atoms. The zero-order chi connectivity index (χ0) is 23.6. The molecular weight excluding hydrogens is 438 g/mol. The van der Waals surface area contributed by atoms with Crippen molar-refractivity contribution in [1.29, 1.82) is 0 Å². The first kappa shape index (κ1) is 23.1. The molecule has 2 N–H and O–H groups in total. The number of ether oxygens (including phenoxy) is 1. The first-order valence-corrected chi connectivity index (χ1v) is 12.4. The highest BCUT2D eigenvalue weighted by atomic mass is 32.2. The molecule has 8 heteroatoms. The Morgan fingerprint density at radius 2 is 1.61 bits per heavy atom. The van der Waals surface area contributed by atoms with Crippen LogP contribution >= 0.6 is 0 Å². The lowest BCUT2D eigenvalue weighted by Crippen LogP contribution is -2.36. The van der Waals surface area contributed by atoms with E-state index in [0.717, 1.165) is 24.2 Å². The molecule has 7 nitrogen and oxygen atoms in total. The molecule has 3 aromatic carbocycles. The second-order valence-electron chi connectivity index (χ2n) is 9.15. The van der Waals surface area contributed by atoms with E-state index in [-0.39, 0.29) is 10.8 Å². The lowest BCUT2D eigenvalue weighted by molar-refractivity contribution is -0.123. The fraction of sp³-hybridized carbons (Fsp3) is 0.320. The molecule has 1 aliphatic rings. The Kier molecular flexibility index (Phi) is 6.32. The molecule has 0 radical (unpaired) electrons. The summed E-state index contributed by atoms with van der Waals surface area (Å²) >= 11 is 0. The van der Waals surface area contributed by atoms with Gasteiger partial charge in [-0.15, -0.1) is 0 Å². The summed E-state index contributed by atoms with van der Waals surface area (Å²) in [7, 11) is -3.81. The fourth-order valence-electron chi connectivity index (χ4n) is 3.64. The summed E-state index contributed by atoms with van der Waals surface area (Å²) < 4.78 is 34.4. The first-order valence-electron chi connectivity index (χ1n) is 10.9. The minimum absolute atomic E-state index is 0.108. The van der Waals surface area contributed by atoms with Crippen molar-refractivity contribution in [3.63, 3.8) is 0 Å². The Bertz CT molecular complexity index is 1260. The van der Waals surface area contributed by atoms with E-state index in [0.29, 0.717) is 30.0 Å². The molecule has 1 fully saturated rings. The maximum atomic E-state index is 13.2. The number of carbonyl (C=O) groups is 1. The maximum Gasteiger partial charge on any atom is 0.262 e. The number of anilines is 3. The number of nitrogens with one attached hydrogen (secondary N) is 2. The molecular formula is C25H29N3O4S. The van der Waals surface area contributed by atoms with Crippen LogP contribution in [0.2, 0.25) is 0 Å². The monoisotopic (exact) mass is 467 g/mol. The summed E-state index contributed by atoms with van der Waals surface area (Å²) in [6, 6.07) is 17.8. The van der Waals surface area contributed by atoms with Gasteiger partial charge >= 0.3 is 0 Å². The summed E-state index contributed by atoms with van der Waals surface area (Å²) in [4.78, 5) is 14.6. The first-order chi connectivity index (χ1) is 15.6. The van der Waals surface area contributed by atoms with Gasteiger partial charge in [-0.25, -0.2) is 8.42 Å². The van der Waals surface area contributed by atoms with Gasteiger partial charge in [-0.05, 0) is 47.9 Å². The van der Waals surface area contributed by atoms with E-state index in [1.165, 1.54) is 0 Å². The third kappa shape index (κ3) is 5.29. The van der Waals surface area contributed by atoms with E-state index in [1.54, 1.807) is 36.4 Å². The van der Waals surface area contributed by atoms with Crippen LogP contribution in [0.4, 0.5) is 17.1 Å². The van der Waals surface area contributed by atoms with E-state index < -0.39 is 15.4 Å². The zero-order valence-electron chi connectivity index (χ0n) is 19.1. The summed E-state index contributed by atoms with van der Waals surface area (Å²) in [6.07, 6.45) is 0. The number of fused-ring (bicyclic) bond motifs is 1. The Hall–Kier alpha value is -3.10. The minimum atomic E-state index is -3.81. The van der Waals surface area contributed by atoms with Crippen LogP contribution in [0.1, 0.15) is 20.8 Å². The lowest BCUT2D eigenvalue weighted by atomic mass is 9.95. The largest absolute Gasteiger partial charge is 0.378 e. The van der Waals surface area contributed by atoms with Crippen molar-refractivity contribution in [3.05, 3.63) is 60.7 Å². The van der Waals surface area contributed by atoms with E-state index in [4.69, 9.17) is 4.74 Å². The number of amides is 1. The summed E-state index contributed by atoms with van der Waals surface area (Å²) in [6.45, 7) is 8.51. The lowest BCUT2D eigenvalue weighted by Gasteiger charge is -2.29. The van der Waals surface area contributed by atoms with Crippen molar-refractivity contribution < 1.29 is 17.9 Å². The SMILES string of the molecule is CC(C)(C)C(=O)Nc1ccc(NS(=O)(=O)c2cccc3cc(N4CCOCC4)ccc23)cc1. The van der Waals surface area contributed by atoms with Crippen LogP contribution in [0, 0.1) is 5.41 Å². The molecule has 0 unspecified atom stereocenters. The number of hydrogen-bond donors (Lipinski definition) is 2. The smallest absolute Gasteiger partial charge is 0.262 e. The zero-order valence-corrected chi connectivity index (χ0v) is 19.9. The number of carbonyl (C=O) groups excluding carboxylic acids is 1. The molecule has 0 spiro atoms. The summed E-state index contributed by atoms with van der Waals surface area (Å²) in [5, 5.41) is 4.36. The Morgan fingerprint density at radius 1 is 0.939 bits per heavy atom. The van der Waals surface area contributed by atoms with Crippen molar-refractivity contribution in [2.45, 2.75) is 25.7 Å². The molecule has 1 aliphatic heterocycles. The maximum absolute atomic E-state index is 13.2. The highest BCUT2D eigenvalue weighted by Crippen LogP contribution is 2.29. The van der Waals surface area contributed by atoms with Crippen LogP contribution in [0.15, 0.2) is 65.6 Å². The highest BCUT2D eigenvalue weighted by Gasteiger charge is 2.22. The number of sulfonamides is 1. The van der Waals surface area contributed by atoms with Crippen LogP contribution in [-0.4, -0.2) is 40.6 Å². The molecule has 0 saturated carbocycles. The van der Waals surface area contributed by atoms with Crippen LogP contribution in [0.3, 0.4) is 0 Å². The molecule has 174 valence electrons. The Balaban J connectivity index is 1.55. The molecule has 3 aromatic rings. The second-order valence-corrected chi connectivity index (χ2v) is 10.8. The van der Waals surface area contributed by atoms with Crippen molar-refractivity contribution in [1.82, 2.24) is 0 Å². The van der Waals surface area contributed by atoms with Gasteiger partial charge < -0.3 is 15.0 Å². The predicted molar refractivity (Wildman–Crippen MR) is 132 cm³/mol. The fourth-order valence-corrected chi connectivity index (χ4v) is 4.93. The molecule has 0 aromatic heterocycles. The third-order valence-electron chi connectivity index (χ3n) is 5.57. The topological polar surface area (TPSA) is 87.7 Å². The molecule has 0 atom stereocenters. The summed E-state index contributed by atoms with van der Waals surface area (Å²) in [5.41, 5.74) is 1.57. The van der Waals surface area contributed by atoms with E-state index in [1.807, 2.05) is 45.0 Å². The minimum Gasteiger partial charge on any atom is -0.378 e. The average Bonchev–Trinajstić information content (AvgIpc) is 2.79. The predicted octanol–water partition coefficient (Wildman–Crippen LogP) is 4.46. The second kappa shape index (κ2) is 9.03. The number of morpholine rings is 1. The van der Waals surface area contributed by atoms with Gasteiger partial charge in [0.1, 0.15) is 0 Å². The van der Waals surface area contributed by atoms with Crippen molar-refractivity contribution >= 4 is 43.8 Å². The van der Waals surface area contributed by atoms with Gasteiger partial charge in [-0.2, -0.15) is 0 Å². The highest BCUT2D eigenvalue weighted by molar-refractivity contribution is 7.93. The normalized spacial score (nSPS) is 14.8. The van der Waals surface area contributed by atoms with Gasteiger partial charge in [-0.3, -0.25) is 9.52 Å². The van der Waals surface area contributed by atoms with E-state index >= 15 is 0 Å². The number of nitrogens with zero attached hydrogens (tertiary/aromatic N) is 1. The molecule has 4 rings (SSSR count). The van der Waals surface area contributed by atoms with Crippen molar-refractivity contribution in [2.24, 2.45) is 5.41 Å². The molecule has 1 saturated heterocycles. The van der Waals surface area contributed by atoms with Crippen molar-refractivity contribution in [3.8, 4) is 0 Å². The molecule has 0 bridgehead atoms. The van der Waals surface area contributed by atoms with Gasteiger partial charge in [-0.1, -0.05) is 39.0 Å². The van der Waals surface area contributed by atoms with E-state index in [9.17, 15) is 13.2 Å². The third-order valence-corrected chi connectivity index (χ3v) is 7.01. The van der Waals surface area contributed by atoms with Gasteiger partial charge in [0.25, 0.3) is 10.0 Å². The molecule has 1 amide bonds. The number of benzene rings is 3. The van der Waals surface area contributed by atoms with Crippen LogP contribution < -0.4 is 14.9 Å². The van der Waals surface area contributed by atoms with Gasteiger partial charge in [0.05, 0.1) is 18.1 Å².